The molecule has 0 aliphatic heterocycles. The normalized spacial score (nSPS) is 10.2. The van der Waals surface area contributed by atoms with Crippen LogP contribution in [0.15, 0.2) is 40.9 Å². The Balaban J connectivity index is 2.19. The standard InChI is InChI=1S/C19H21BrN2O3/c1-4-18(23)21-15-7-6-8-16(12(15)3)22-19(24)13-9-10-17(25-5-2)14(20)11-13/h6-11H,4-5H2,1-3H3,(H,21,23)(H,22,24). The second kappa shape index (κ2) is 8.67. The largest absolute Gasteiger partial charge is 0.493 e. The number of amides is 2. The van der Waals surface area contributed by atoms with Gasteiger partial charge in [0.25, 0.3) is 5.91 Å². The van der Waals surface area contributed by atoms with E-state index in [9.17, 15) is 9.59 Å². The first-order valence-corrected chi connectivity index (χ1v) is 8.88. The Morgan fingerprint density at radius 2 is 1.76 bits per heavy atom. The van der Waals surface area contributed by atoms with Crippen molar-refractivity contribution in [3.63, 3.8) is 0 Å². The zero-order valence-corrected chi connectivity index (χ0v) is 16.1. The van der Waals surface area contributed by atoms with Crippen LogP contribution in [0.25, 0.3) is 0 Å². The van der Waals surface area contributed by atoms with Gasteiger partial charge in [-0.15, -0.1) is 0 Å². The van der Waals surface area contributed by atoms with Crippen LogP contribution in [0.1, 0.15) is 36.2 Å². The quantitative estimate of drug-likeness (QED) is 0.729. The monoisotopic (exact) mass is 404 g/mol. The van der Waals surface area contributed by atoms with Gasteiger partial charge in [-0.05, 0) is 65.7 Å². The Labute approximate surface area is 155 Å². The molecule has 0 unspecified atom stereocenters. The van der Waals surface area contributed by atoms with Crippen LogP contribution < -0.4 is 15.4 Å². The molecule has 0 spiro atoms. The second-order valence-electron chi connectivity index (χ2n) is 5.41. The van der Waals surface area contributed by atoms with Crippen molar-refractivity contribution in [1.82, 2.24) is 0 Å². The molecule has 0 bridgehead atoms. The van der Waals surface area contributed by atoms with Gasteiger partial charge in [-0.3, -0.25) is 9.59 Å². The molecule has 0 aliphatic carbocycles. The average Bonchev–Trinajstić information content (AvgIpc) is 2.60. The third kappa shape index (κ3) is 4.82. The Kier molecular flexibility index (Phi) is 6.58. The van der Waals surface area contributed by atoms with Crippen molar-refractivity contribution in [1.29, 1.82) is 0 Å². The molecule has 0 fully saturated rings. The Morgan fingerprint density at radius 1 is 1.08 bits per heavy atom. The van der Waals surface area contributed by atoms with Crippen LogP contribution in [0.4, 0.5) is 11.4 Å². The summed E-state index contributed by atoms with van der Waals surface area (Å²) in [5.41, 5.74) is 2.67. The molecule has 5 nitrogen and oxygen atoms in total. The minimum atomic E-state index is -0.231. The molecule has 0 saturated carbocycles. The van der Waals surface area contributed by atoms with Gasteiger partial charge < -0.3 is 15.4 Å². The molecule has 0 saturated heterocycles. The molecule has 2 amide bonds. The van der Waals surface area contributed by atoms with Crippen molar-refractivity contribution in [2.24, 2.45) is 0 Å². The number of nitrogens with one attached hydrogen (secondary N) is 2. The fraction of sp³-hybridized carbons (Fsp3) is 0.263. The summed E-state index contributed by atoms with van der Waals surface area (Å²) in [7, 11) is 0. The minimum absolute atomic E-state index is 0.0676. The summed E-state index contributed by atoms with van der Waals surface area (Å²) in [5, 5.41) is 5.71. The number of anilines is 2. The van der Waals surface area contributed by atoms with Crippen LogP contribution in [0, 0.1) is 6.92 Å². The lowest BCUT2D eigenvalue weighted by Crippen LogP contribution is -2.15. The van der Waals surface area contributed by atoms with Crippen molar-refractivity contribution in [3.05, 3.63) is 52.0 Å². The first kappa shape index (κ1) is 19.0. The van der Waals surface area contributed by atoms with E-state index in [1.165, 1.54) is 0 Å². The molecule has 2 N–H and O–H groups in total. The minimum Gasteiger partial charge on any atom is -0.493 e. The molecule has 2 aromatic carbocycles. The van der Waals surface area contributed by atoms with Crippen molar-refractivity contribution < 1.29 is 14.3 Å². The lowest BCUT2D eigenvalue weighted by atomic mass is 10.1. The predicted octanol–water partition coefficient (Wildman–Crippen LogP) is 4.76. The van der Waals surface area contributed by atoms with E-state index in [0.717, 1.165) is 10.0 Å². The maximum absolute atomic E-state index is 12.5. The van der Waals surface area contributed by atoms with E-state index in [2.05, 4.69) is 26.6 Å². The van der Waals surface area contributed by atoms with Crippen LogP contribution in [0.3, 0.4) is 0 Å². The van der Waals surface area contributed by atoms with Gasteiger partial charge in [-0.25, -0.2) is 0 Å². The fourth-order valence-corrected chi connectivity index (χ4v) is 2.75. The van der Waals surface area contributed by atoms with Crippen molar-refractivity contribution in [3.8, 4) is 5.75 Å². The molecular weight excluding hydrogens is 384 g/mol. The Bertz CT molecular complexity index is 790. The number of ether oxygens (including phenoxy) is 1. The van der Waals surface area contributed by atoms with Gasteiger partial charge in [0.15, 0.2) is 0 Å². The predicted molar refractivity (Wildman–Crippen MR) is 103 cm³/mol. The molecule has 2 aromatic rings. The molecule has 132 valence electrons. The van der Waals surface area contributed by atoms with Crippen LogP contribution in [-0.2, 0) is 4.79 Å². The number of hydrogen-bond donors (Lipinski definition) is 2. The van der Waals surface area contributed by atoms with Crippen LogP contribution in [0.5, 0.6) is 5.75 Å². The molecule has 0 atom stereocenters. The maximum Gasteiger partial charge on any atom is 0.255 e. The van der Waals surface area contributed by atoms with Crippen molar-refractivity contribution >= 4 is 39.1 Å². The van der Waals surface area contributed by atoms with E-state index in [1.807, 2.05) is 19.9 Å². The summed E-state index contributed by atoms with van der Waals surface area (Å²) in [6.45, 7) is 6.11. The molecule has 2 rings (SSSR count). The van der Waals surface area contributed by atoms with E-state index < -0.39 is 0 Å². The zero-order valence-electron chi connectivity index (χ0n) is 14.5. The van der Waals surface area contributed by atoms with E-state index in [0.29, 0.717) is 35.7 Å². The highest BCUT2D eigenvalue weighted by molar-refractivity contribution is 9.10. The van der Waals surface area contributed by atoms with Gasteiger partial charge >= 0.3 is 0 Å². The number of benzene rings is 2. The maximum atomic E-state index is 12.5. The highest BCUT2D eigenvalue weighted by Gasteiger charge is 2.12. The van der Waals surface area contributed by atoms with Crippen LogP contribution in [-0.4, -0.2) is 18.4 Å². The van der Waals surface area contributed by atoms with Gasteiger partial charge in [0.1, 0.15) is 5.75 Å². The van der Waals surface area contributed by atoms with Crippen LogP contribution >= 0.6 is 15.9 Å². The van der Waals surface area contributed by atoms with Crippen LogP contribution in [0.2, 0.25) is 0 Å². The Hall–Kier alpha value is -2.34. The van der Waals surface area contributed by atoms with Gasteiger partial charge in [0, 0.05) is 23.4 Å². The number of carbonyl (C=O) groups is 2. The van der Waals surface area contributed by atoms with E-state index >= 15 is 0 Å². The summed E-state index contributed by atoms with van der Waals surface area (Å²) in [5.74, 6) is 0.396. The number of carbonyl (C=O) groups excluding carboxylic acids is 2. The number of rotatable bonds is 6. The van der Waals surface area contributed by atoms with E-state index in [4.69, 9.17) is 4.74 Å². The lowest BCUT2D eigenvalue weighted by molar-refractivity contribution is -0.115. The molecule has 0 aliphatic rings. The average molecular weight is 405 g/mol. The molecule has 0 radical (unpaired) electrons. The fourth-order valence-electron chi connectivity index (χ4n) is 2.25. The second-order valence-corrected chi connectivity index (χ2v) is 6.27. The summed E-state index contributed by atoms with van der Waals surface area (Å²) >= 11 is 3.41. The summed E-state index contributed by atoms with van der Waals surface area (Å²) in [6.07, 6.45) is 0.399. The smallest absolute Gasteiger partial charge is 0.255 e. The van der Waals surface area contributed by atoms with Gasteiger partial charge in [0.2, 0.25) is 5.91 Å². The van der Waals surface area contributed by atoms with Gasteiger partial charge in [0.05, 0.1) is 11.1 Å². The molecule has 0 heterocycles. The molecule has 6 heteroatoms. The first-order valence-electron chi connectivity index (χ1n) is 8.09. The van der Waals surface area contributed by atoms with Gasteiger partial charge in [-0.1, -0.05) is 13.0 Å². The lowest BCUT2D eigenvalue weighted by Gasteiger charge is -2.14. The first-order chi connectivity index (χ1) is 12.0. The van der Waals surface area contributed by atoms with E-state index in [-0.39, 0.29) is 11.8 Å². The molecule has 0 aromatic heterocycles. The zero-order chi connectivity index (χ0) is 18.4. The van der Waals surface area contributed by atoms with E-state index in [1.54, 1.807) is 37.3 Å². The highest BCUT2D eigenvalue weighted by atomic mass is 79.9. The summed E-state index contributed by atoms with van der Waals surface area (Å²) < 4.78 is 6.18. The SMILES string of the molecule is CCOc1ccc(C(=O)Nc2cccc(NC(=O)CC)c2C)cc1Br. The van der Waals surface area contributed by atoms with Crippen molar-refractivity contribution in [2.75, 3.05) is 17.2 Å². The third-order valence-corrected chi connectivity index (χ3v) is 4.29. The number of halogens is 1. The summed E-state index contributed by atoms with van der Waals surface area (Å²) in [4.78, 5) is 24.1. The molecule has 25 heavy (non-hydrogen) atoms. The van der Waals surface area contributed by atoms with Crippen molar-refractivity contribution in [2.45, 2.75) is 27.2 Å². The highest BCUT2D eigenvalue weighted by Crippen LogP contribution is 2.27. The topological polar surface area (TPSA) is 67.4 Å². The summed E-state index contributed by atoms with van der Waals surface area (Å²) in [6, 6.07) is 10.6. The van der Waals surface area contributed by atoms with Gasteiger partial charge in [-0.2, -0.15) is 0 Å². The molecular formula is C19H21BrN2O3. The Morgan fingerprint density at radius 3 is 2.36 bits per heavy atom. The third-order valence-electron chi connectivity index (χ3n) is 3.67. The number of hydrogen-bond acceptors (Lipinski definition) is 3.